The number of rotatable bonds is 3. The third kappa shape index (κ3) is 3.29. The van der Waals surface area contributed by atoms with Crippen molar-refractivity contribution in [2.24, 2.45) is 0 Å². The summed E-state index contributed by atoms with van der Waals surface area (Å²) in [4.78, 5) is 13.7. The van der Waals surface area contributed by atoms with E-state index in [1.165, 1.54) is 0 Å². The molecule has 0 saturated heterocycles. The van der Waals surface area contributed by atoms with Crippen molar-refractivity contribution in [2.75, 3.05) is 18.8 Å². The molecule has 0 aliphatic rings. The van der Waals surface area contributed by atoms with Gasteiger partial charge in [0, 0.05) is 18.8 Å². The van der Waals surface area contributed by atoms with Crippen molar-refractivity contribution in [1.29, 1.82) is 0 Å². The fourth-order valence-corrected chi connectivity index (χ4v) is 1.66. The number of carbonyl (C=O) groups excluding carboxylic acids is 1. The quantitative estimate of drug-likeness (QED) is 0.852. The summed E-state index contributed by atoms with van der Waals surface area (Å²) < 4.78 is 0. The number of halogens is 2. The SMILES string of the molecule is CCN(CC)C(=O)c1ccc(N)cc1Cl.Cl. The second kappa shape index (κ2) is 6.61. The monoisotopic (exact) mass is 262 g/mol. The van der Waals surface area contributed by atoms with Crippen LogP contribution in [0.15, 0.2) is 18.2 Å². The maximum Gasteiger partial charge on any atom is 0.255 e. The molecule has 90 valence electrons. The molecule has 5 heteroatoms. The first-order valence-electron chi connectivity index (χ1n) is 4.94. The molecular weight excluding hydrogens is 247 g/mol. The fraction of sp³-hybridized carbons (Fsp3) is 0.364. The van der Waals surface area contributed by atoms with Gasteiger partial charge in [-0.25, -0.2) is 0 Å². The minimum atomic E-state index is -0.0509. The van der Waals surface area contributed by atoms with Gasteiger partial charge in [0.2, 0.25) is 0 Å². The van der Waals surface area contributed by atoms with E-state index >= 15 is 0 Å². The standard InChI is InChI=1S/C11H15ClN2O.ClH/c1-3-14(4-2)11(15)9-6-5-8(13)7-10(9)12;/h5-7H,3-4,13H2,1-2H3;1H. The summed E-state index contributed by atoms with van der Waals surface area (Å²) in [5, 5.41) is 0.409. The highest BCUT2D eigenvalue weighted by Crippen LogP contribution is 2.20. The predicted molar refractivity (Wildman–Crippen MR) is 70.4 cm³/mol. The van der Waals surface area contributed by atoms with Crippen molar-refractivity contribution in [3.8, 4) is 0 Å². The summed E-state index contributed by atoms with van der Waals surface area (Å²) >= 11 is 5.95. The Morgan fingerprint density at radius 1 is 1.38 bits per heavy atom. The Morgan fingerprint density at radius 2 is 1.94 bits per heavy atom. The van der Waals surface area contributed by atoms with E-state index in [9.17, 15) is 4.79 Å². The molecule has 1 amide bonds. The Morgan fingerprint density at radius 3 is 2.38 bits per heavy atom. The van der Waals surface area contributed by atoms with Crippen LogP contribution >= 0.6 is 24.0 Å². The van der Waals surface area contributed by atoms with Gasteiger partial charge in [0.25, 0.3) is 5.91 Å². The number of hydrogen-bond acceptors (Lipinski definition) is 2. The van der Waals surface area contributed by atoms with Gasteiger partial charge in [-0.15, -0.1) is 12.4 Å². The average molecular weight is 263 g/mol. The molecule has 0 saturated carbocycles. The number of nitrogen functional groups attached to an aromatic ring is 1. The van der Waals surface area contributed by atoms with Crippen LogP contribution in [0.2, 0.25) is 5.02 Å². The Bertz CT molecular complexity index is 365. The summed E-state index contributed by atoms with van der Waals surface area (Å²) in [5.74, 6) is -0.0509. The van der Waals surface area contributed by atoms with Gasteiger partial charge in [-0.2, -0.15) is 0 Å². The van der Waals surface area contributed by atoms with Gasteiger partial charge in [-0.05, 0) is 32.0 Å². The fourth-order valence-electron chi connectivity index (χ4n) is 1.39. The first-order valence-corrected chi connectivity index (χ1v) is 5.32. The van der Waals surface area contributed by atoms with E-state index < -0.39 is 0 Å². The van der Waals surface area contributed by atoms with Crippen molar-refractivity contribution in [3.63, 3.8) is 0 Å². The first kappa shape index (κ1) is 15.1. The van der Waals surface area contributed by atoms with Crippen molar-refractivity contribution >= 4 is 35.6 Å². The third-order valence-electron chi connectivity index (χ3n) is 2.27. The molecule has 1 aromatic rings. The van der Waals surface area contributed by atoms with Crippen LogP contribution in [-0.2, 0) is 0 Å². The van der Waals surface area contributed by atoms with Crippen LogP contribution in [0.1, 0.15) is 24.2 Å². The van der Waals surface area contributed by atoms with Crippen molar-refractivity contribution in [2.45, 2.75) is 13.8 Å². The van der Waals surface area contributed by atoms with Gasteiger partial charge in [0.15, 0.2) is 0 Å². The van der Waals surface area contributed by atoms with Gasteiger partial charge in [0.05, 0.1) is 10.6 Å². The molecular formula is C11H16Cl2N2O. The minimum absolute atomic E-state index is 0. The molecule has 0 aliphatic heterocycles. The molecule has 0 fully saturated rings. The lowest BCUT2D eigenvalue weighted by molar-refractivity contribution is 0.0773. The lowest BCUT2D eigenvalue weighted by Gasteiger charge is -2.19. The number of anilines is 1. The molecule has 2 N–H and O–H groups in total. The molecule has 0 atom stereocenters. The Kier molecular flexibility index (Phi) is 6.22. The number of benzene rings is 1. The predicted octanol–water partition coefficient (Wildman–Crippen LogP) is 2.83. The van der Waals surface area contributed by atoms with Gasteiger partial charge < -0.3 is 10.6 Å². The maximum absolute atomic E-state index is 11.9. The summed E-state index contributed by atoms with van der Waals surface area (Å²) in [6.07, 6.45) is 0. The highest BCUT2D eigenvalue weighted by molar-refractivity contribution is 6.34. The third-order valence-corrected chi connectivity index (χ3v) is 2.59. The summed E-state index contributed by atoms with van der Waals surface area (Å²) in [6.45, 7) is 5.23. The van der Waals surface area contributed by atoms with Crippen molar-refractivity contribution in [3.05, 3.63) is 28.8 Å². The number of nitrogens with zero attached hydrogens (tertiary/aromatic N) is 1. The molecule has 1 rings (SSSR count). The first-order chi connectivity index (χ1) is 7.10. The lowest BCUT2D eigenvalue weighted by Crippen LogP contribution is -2.30. The largest absolute Gasteiger partial charge is 0.399 e. The Balaban J connectivity index is 0.00000225. The molecule has 0 radical (unpaired) electrons. The van der Waals surface area contributed by atoms with Crippen molar-refractivity contribution < 1.29 is 4.79 Å². The molecule has 0 spiro atoms. The van der Waals surface area contributed by atoms with Crippen LogP contribution in [0.25, 0.3) is 0 Å². The maximum atomic E-state index is 11.9. The molecule has 1 aromatic carbocycles. The van der Waals surface area contributed by atoms with E-state index in [4.69, 9.17) is 17.3 Å². The van der Waals surface area contributed by atoms with E-state index in [1.807, 2.05) is 13.8 Å². The van der Waals surface area contributed by atoms with Crippen LogP contribution in [0.5, 0.6) is 0 Å². The summed E-state index contributed by atoms with van der Waals surface area (Å²) in [6, 6.07) is 4.94. The zero-order chi connectivity index (χ0) is 11.4. The average Bonchev–Trinajstić information content (AvgIpc) is 2.19. The highest BCUT2D eigenvalue weighted by atomic mass is 35.5. The molecule has 0 aromatic heterocycles. The van der Waals surface area contributed by atoms with E-state index in [2.05, 4.69) is 0 Å². The zero-order valence-electron chi connectivity index (χ0n) is 9.37. The number of hydrogen-bond donors (Lipinski definition) is 1. The lowest BCUT2D eigenvalue weighted by atomic mass is 10.2. The minimum Gasteiger partial charge on any atom is -0.399 e. The van der Waals surface area contributed by atoms with E-state index in [1.54, 1.807) is 23.1 Å². The number of amides is 1. The highest BCUT2D eigenvalue weighted by Gasteiger charge is 2.15. The summed E-state index contributed by atoms with van der Waals surface area (Å²) in [5.41, 5.74) is 6.63. The molecule has 0 unspecified atom stereocenters. The van der Waals surface area contributed by atoms with Crippen molar-refractivity contribution in [1.82, 2.24) is 4.90 Å². The number of carbonyl (C=O) groups is 1. The second-order valence-corrected chi connectivity index (χ2v) is 3.62. The van der Waals surface area contributed by atoms with Crippen LogP contribution in [0.3, 0.4) is 0 Å². The Labute approximate surface area is 107 Å². The van der Waals surface area contributed by atoms with Crippen LogP contribution in [0, 0.1) is 0 Å². The zero-order valence-corrected chi connectivity index (χ0v) is 10.9. The van der Waals surface area contributed by atoms with E-state index in [0.717, 1.165) is 0 Å². The second-order valence-electron chi connectivity index (χ2n) is 3.22. The van der Waals surface area contributed by atoms with Crippen LogP contribution in [-0.4, -0.2) is 23.9 Å². The summed E-state index contributed by atoms with van der Waals surface area (Å²) in [7, 11) is 0. The van der Waals surface area contributed by atoms with Gasteiger partial charge in [-0.3, -0.25) is 4.79 Å². The van der Waals surface area contributed by atoms with E-state index in [0.29, 0.717) is 29.4 Å². The smallest absolute Gasteiger partial charge is 0.255 e. The number of nitrogens with two attached hydrogens (primary N) is 1. The van der Waals surface area contributed by atoms with Gasteiger partial charge >= 0.3 is 0 Å². The van der Waals surface area contributed by atoms with Gasteiger partial charge in [0.1, 0.15) is 0 Å². The van der Waals surface area contributed by atoms with Gasteiger partial charge in [-0.1, -0.05) is 11.6 Å². The topological polar surface area (TPSA) is 46.3 Å². The molecule has 0 heterocycles. The van der Waals surface area contributed by atoms with Crippen LogP contribution < -0.4 is 5.73 Å². The molecule has 0 aliphatic carbocycles. The molecule has 0 bridgehead atoms. The molecule has 16 heavy (non-hydrogen) atoms. The Hall–Kier alpha value is -0.930. The van der Waals surface area contributed by atoms with E-state index in [-0.39, 0.29) is 18.3 Å². The normalized spacial score (nSPS) is 9.44. The molecule has 3 nitrogen and oxygen atoms in total. The van der Waals surface area contributed by atoms with Crippen LogP contribution in [0.4, 0.5) is 5.69 Å².